The van der Waals surface area contributed by atoms with Crippen LogP contribution >= 0.6 is 15.9 Å². The molecule has 0 bridgehead atoms. The molecule has 98 valence electrons. The van der Waals surface area contributed by atoms with Crippen molar-refractivity contribution in [2.24, 2.45) is 0 Å². The van der Waals surface area contributed by atoms with Gasteiger partial charge in [0.2, 0.25) is 11.9 Å². The molecule has 2 heterocycles. The van der Waals surface area contributed by atoms with Crippen LogP contribution < -0.4 is 10.2 Å². The molecule has 0 aliphatic carbocycles. The molecule has 5 nitrogen and oxygen atoms in total. The van der Waals surface area contributed by atoms with Crippen molar-refractivity contribution in [3.8, 4) is 0 Å². The Morgan fingerprint density at radius 2 is 2.17 bits per heavy atom. The molecule has 1 aromatic rings. The number of rotatable bonds is 1. The van der Waals surface area contributed by atoms with E-state index in [4.69, 9.17) is 0 Å². The van der Waals surface area contributed by atoms with Gasteiger partial charge in [0.1, 0.15) is 0 Å². The van der Waals surface area contributed by atoms with Crippen LogP contribution in [0.4, 0.5) is 19.1 Å². The van der Waals surface area contributed by atoms with Crippen LogP contribution in [0.25, 0.3) is 0 Å². The lowest BCUT2D eigenvalue weighted by atomic mass is 10.3. The van der Waals surface area contributed by atoms with Gasteiger partial charge in [0.15, 0.2) is 5.69 Å². The van der Waals surface area contributed by atoms with E-state index in [1.165, 1.54) is 4.90 Å². The molecule has 0 atom stereocenters. The normalized spacial score (nSPS) is 16.7. The lowest BCUT2D eigenvalue weighted by molar-refractivity contribution is -0.141. The minimum atomic E-state index is -4.56. The number of alkyl halides is 3. The summed E-state index contributed by atoms with van der Waals surface area (Å²) in [5.74, 6) is -0.360. The number of carbonyl (C=O) groups excluding carboxylic acids is 1. The van der Waals surface area contributed by atoms with E-state index in [0.717, 1.165) is 6.20 Å². The van der Waals surface area contributed by atoms with Gasteiger partial charge < -0.3 is 10.2 Å². The third kappa shape index (κ3) is 2.71. The van der Waals surface area contributed by atoms with Gasteiger partial charge in [0.25, 0.3) is 0 Å². The molecule has 1 amide bonds. The van der Waals surface area contributed by atoms with Gasteiger partial charge in [-0.1, -0.05) is 0 Å². The third-order valence-electron chi connectivity index (χ3n) is 2.32. The fourth-order valence-corrected chi connectivity index (χ4v) is 1.93. The molecule has 1 saturated heterocycles. The van der Waals surface area contributed by atoms with Crippen LogP contribution in [0.3, 0.4) is 0 Å². The summed E-state index contributed by atoms with van der Waals surface area (Å²) in [6.45, 7) is 0.698. The number of halogens is 4. The average molecular weight is 325 g/mol. The van der Waals surface area contributed by atoms with Crippen LogP contribution in [-0.4, -0.2) is 35.5 Å². The number of hydrogen-bond donors (Lipinski definition) is 1. The van der Waals surface area contributed by atoms with E-state index in [1.54, 1.807) is 0 Å². The Balaban J connectivity index is 2.32. The molecule has 0 aromatic carbocycles. The number of hydrogen-bond acceptors (Lipinski definition) is 4. The Bertz CT molecular complexity index is 479. The number of anilines is 1. The summed E-state index contributed by atoms with van der Waals surface area (Å²) in [4.78, 5) is 19.8. The quantitative estimate of drug-likeness (QED) is 0.843. The van der Waals surface area contributed by atoms with Gasteiger partial charge in [0, 0.05) is 19.3 Å². The van der Waals surface area contributed by atoms with Gasteiger partial charge in [-0.05, 0) is 15.9 Å². The highest BCUT2D eigenvalue weighted by atomic mass is 79.9. The summed E-state index contributed by atoms with van der Waals surface area (Å²) < 4.78 is 37.7. The number of nitrogens with zero attached hydrogens (tertiary/aromatic N) is 3. The van der Waals surface area contributed by atoms with Crippen LogP contribution in [0.2, 0.25) is 0 Å². The van der Waals surface area contributed by atoms with Crippen molar-refractivity contribution in [3.63, 3.8) is 0 Å². The predicted octanol–water partition coefficient (Wildman–Crippen LogP) is 1.19. The van der Waals surface area contributed by atoms with Crippen molar-refractivity contribution in [2.75, 3.05) is 24.5 Å². The predicted molar refractivity (Wildman–Crippen MR) is 60.0 cm³/mol. The van der Waals surface area contributed by atoms with Gasteiger partial charge >= 0.3 is 6.18 Å². The first-order valence-electron chi connectivity index (χ1n) is 4.99. The fourth-order valence-electron chi connectivity index (χ4n) is 1.52. The van der Waals surface area contributed by atoms with Gasteiger partial charge in [-0.3, -0.25) is 4.79 Å². The Morgan fingerprint density at radius 3 is 2.78 bits per heavy atom. The lowest BCUT2D eigenvalue weighted by Crippen LogP contribution is -2.48. The monoisotopic (exact) mass is 324 g/mol. The molecule has 1 N–H and O–H groups in total. The second-order valence-electron chi connectivity index (χ2n) is 3.64. The zero-order valence-electron chi connectivity index (χ0n) is 8.96. The Morgan fingerprint density at radius 1 is 1.44 bits per heavy atom. The summed E-state index contributed by atoms with van der Waals surface area (Å²) in [5, 5.41) is 2.57. The summed E-state index contributed by atoms with van der Waals surface area (Å²) in [6, 6.07) is 0. The van der Waals surface area contributed by atoms with E-state index < -0.39 is 11.9 Å². The van der Waals surface area contributed by atoms with E-state index in [-0.39, 0.29) is 22.9 Å². The maximum absolute atomic E-state index is 12.7. The summed E-state index contributed by atoms with van der Waals surface area (Å²) in [5.41, 5.74) is -1.04. The van der Waals surface area contributed by atoms with Gasteiger partial charge in [-0.2, -0.15) is 13.2 Å². The van der Waals surface area contributed by atoms with Gasteiger partial charge in [0.05, 0.1) is 11.0 Å². The molecule has 9 heteroatoms. The standard InChI is InChI=1S/C9H8BrF3N4O/c10-5-3-15-8(16-7(5)9(11,12)13)17-2-1-14-6(18)4-17/h3H,1-2,4H2,(H,14,18). The van der Waals surface area contributed by atoms with Crippen molar-refractivity contribution in [2.45, 2.75) is 6.18 Å². The van der Waals surface area contributed by atoms with E-state index in [1.807, 2.05) is 0 Å². The van der Waals surface area contributed by atoms with Crippen molar-refractivity contribution < 1.29 is 18.0 Å². The Kier molecular flexibility index (Phi) is 3.42. The van der Waals surface area contributed by atoms with E-state index in [0.29, 0.717) is 13.1 Å². The summed E-state index contributed by atoms with van der Waals surface area (Å²) in [7, 11) is 0. The molecule has 1 aromatic heterocycles. The average Bonchev–Trinajstić information content (AvgIpc) is 2.28. The molecular formula is C9H8BrF3N4O. The SMILES string of the molecule is O=C1CN(c2ncc(Br)c(C(F)(F)F)n2)CCN1. The smallest absolute Gasteiger partial charge is 0.353 e. The molecular weight excluding hydrogens is 317 g/mol. The van der Waals surface area contributed by atoms with Crippen molar-refractivity contribution in [1.29, 1.82) is 0 Å². The summed E-state index contributed by atoms with van der Waals surface area (Å²) in [6.07, 6.45) is -3.52. The number of aromatic nitrogens is 2. The molecule has 1 aliphatic rings. The van der Waals surface area contributed by atoms with Crippen LogP contribution in [0, 0.1) is 0 Å². The van der Waals surface area contributed by atoms with E-state index in [9.17, 15) is 18.0 Å². The minimum Gasteiger partial charge on any atom is -0.353 e. The maximum Gasteiger partial charge on any atom is 0.434 e. The molecule has 0 radical (unpaired) electrons. The Hall–Kier alpha value is -1.38. The third-order valence-corrected chi connectivity index (χ3v) is 2.90. The van der Waals surface area contributed by atoms with Gasteiger partial charge in [-0.25, -0.2) is 9.97 Å². The van der Waals surface area contributed by atoms with Crippen molar-refractivity contribution in [3.05, 3.63) is 16.4 Å². The molecule has 2 rings (SSSR count). The molecule has 0 unspecified atom stereocenters. The second kappa shape index (κ2) is 4.71. The highest BCUT2D eigenvalue weighted by Crippen LogP contribution is 2.33. The van der Waals surface area contributed by atoms with Gasteiger partial charge in [-0.15, -0.1) is 0 Å². The first-order chi connectivity index (χ1) is 8.38. The minimum absolute atomic E-state index is 0.0427. The van der Waals surface area contributed by atoms with Crippen LogP contribution in [0.1, 0.15) is 5.69 Å². The molecule has 0 spiro atoms. The topological polar surface area (TPSA) is 58.1 Å². The van der Waals surface area contributed by atoms with Crippen molar-refractivity contribution in [1.82, 2.24) is 15.3 Å². The van der Waals surface area contributed by atoms with Crippen LogP contribution in [-0.2, 0) is 11.0 Å². The highest BCUT2D eigenvalue weighted by Gasteiger charge is 2.36. The second-order valence-corrected chi connectivity index (χ2v) is 4.49. The first-order valence-corrected chi connectivity index (χ1v) is 5.78. The van der Waals surface area contributed by atoms with E-state index >= 15 is 0 Å². The van der Waals surface area contributed by atoms with Crippen LogP contribution in [0.15, 0.2) is 10.7 Å². The largest absolute Gasteiger partial charge is 0.434 e. The number of nitrogens with one attached hydrogen (secondary N) is 1. The zero-order chi connectivity index (χ0) is 13.3. The number of amides is 1. The zero-order valence-corrected chi connectivity index (χ0v) is 10.5. The lowest BCUT2D eigenvalue weighted by Gasteiger charge is -2.26. The summed E-state index contributed by atoms with van der Waals surface area (Å²) >= 11 is 2.76. The molecule has 0 saturated carbocycles. The number of piperazine rings is 1. The maximum atomic E-state index is 12.7. The molecule has 1 fully saturated rings. The van der Waals surface area contributed by atoms with E-state index in [2.05, 4.69) is 31.2 Å². The van der Waals surface area contributed by atoms with Crippen molar-refractivity contribution >= 4 is 27.8 Å². The fraction of sp³-hybridized carbons (Fsp3) is 0.444. The highest BCUT2D eigenvalue weighted by molar-refractivity contribution is 9.10. The first kappa shape index (κ1) is 13.1. The number of carbonyl (C=O) groups is 1. The molecule has 18 heavy (non-hydrogen) atoms. The van der Waals surface area contributed by atoms with Crippen LogP contribution in [0.5, 0.6) is 0 Å². The molecule has 1 aliphatic heterocycles. The Labute approximate surface area is 109 Å².